The molecule has 1 aliphatic rings. The number of hydroxylamine groups is 1. The molecule has 0 aliphatic carbocycles. The van der Waals surface area contributed by atoms with Crippen LogP contribution in [0.2, 0.25) is 0 Å². The molecule has 2 N–H and O–H groups in total. The minimum atomic E-state index is -3.23. The van der Waals surface area contributed by atoms with E-state index in [1.54, 1.807) is 29.7 Å². The van der Waals surface area contributed by atoms with Gasteiger partial charge in [-0.15, -0.1) is 0 Å². The largest absolute Gasteiger partial charge is 0.314 e. The van der Waals surface area contributed by atoms with E-state index >= 15 is 0 Å². The lowest BCUT2D eigenvalue weighted by atomic mass is 10.3. The molecule has 1 unspecified atom stereocenters. The van der Waals surface area contributed by atoms with Gasteiger partial charge < -0.3 is 4.52 Å². The number of carbonyl (C=O) groups is 1. The van der Waals surface area contributed by atoms with E-state index in [9.17, 15) is 9.36 Å². The molecule has 19 heavy (non-hydrogen) atoms. The summed E-state index contributed by atoms with van der Waals surface area (Å²) >= 11 is 0. The Morgan fingerprint density at radius 1 is 1.37 bits per heavy atom. The van der Waals surface area contributed by atoms with Crippen molar-refractivity contribution in [2.45, 2.75) is 12.8 Å². The highest BCUT2D eigenvalue weighted by Gasteiger charge is 2.36. The van der Waals surface area contributed by atoms with Gasteiger partial charge in [0.1, 0.15) is 0 Å². The van der Waals surface area contributed by atoms with Crippen LogP contribution in [0.15, 0.2) is 30.3 Å². The Bertz CT molecular complexity index is 480. The van der Waals surface area contributed by atoms with Crippen LogP contribution in [0.25, 0.3) is 0 Å². The molecule has 1 aromatic carbocycles. The van der Waals surface area contributed by atoms with Gasteiger partial charge in [0.25, 0.3) is 5.91 Å². The summed E-state index contributed by atoms with van der Waals surface area (Å²) in [6, 6.07) is 8.87. The predicted molar refractivity (Wildman–Crippen MR) is 70.4 cm³/mol. The monoisotopic (exact) mass is 284 g/mol. The van der Waals surface area contributed by atoms with Crippen LogP contribution in [0, 0.1) is 0 Å². The molecule has 7 heteroatoms. The zero-order chi connectivity index (χ0) is 13.7. The fourth-order valence-electron chi connectivity index (χ4n) is 2.03. The van der Waals surface area contributed by atoms with Crippen molar-refractivity contribution in [3.05, 3.63) is 30.3 Å². The second kappa shape index (κ2) is 6.30. The molecule has 0 aromatic heterocycles. The zero-order valence-corrected chi connectivity index (χ0v) is 11.4. The smallest absolute Gasteiger partial charge is 0.302 e. The SMILES string of the molecule is O=C(CN1CCCCOP1(=O)c1ccccc1)NO. The Hall–Kier alpha value is -1.20. The van der Waals surface area contributed by atoms with Crippen molar-refractivity contribution in [2.24, 2.45) is 0 Å². The molecule has 1 heterocycles. The van der Waals surface area contributed by atoms with Gasteiger partial charge in [-0.1, -0.05) is 18.2 Å². The maximum Gasteiger partial charge on any atom is 0.302 e. The fourth-order valence-corrected chi connectivity index (χ4v) is 4.31. The fraction of sp³-hybridized carbons (Fsp3) is 0.417. The van der Waals surface area contributed by atoms with Gasteiger partial charge in [-0.05, 0) is 25.0 Å². The van der Waals surface area contributed by atoms with Gasteiger partial charge in [-0.25, -0.2) is 10.2 Å². The highest BCUT2D eigenvalue weighted by atomic mass is 31.2. The predicted octanol–water partition coefficient (Wildman–Crippen LogP) is 1.12. The molecule has 0 radical (unpaired) electrons. The summed E-state index contributed by atoms with van der Waals surface area (Å²) in [4.78, 5) is 11.3. The van der Waals surface area contributed by atoms with E-state index in [4.69, 9.17) is 9.73 Å². The first-order valence-corrected chi connectivity index (χ1v) is 7.73. The molecule has 1 fully saturated rings. The van der Waals surface area contributed by atoms with E-state index in [1.807, 2.05) is 6.07 Å². The van der Waals surface area contributed by atoms with Gasteiger partial charge in [0.15, 0.2) is 0 Å². The molecule has 0 spiro atoms. The van der Waals surface area contributed by atoms with Crippen molar-refractivity contribution in [3.63, 3.8) is 0 Å². The standard InChI is InChI=1S/C12H17N2O4P/c15-12(13-16)10-14-8-4-5-9-18-19(14,17)11-6-2-1-3-7-11/h1-3,6-7,16H,4-5,8-10H2,(H,13,15). The third-order valence-corrected chi connectivity index (χ3v) is 5.55. The normalized spacial score (nSPS) is 24.7. The Morgan fingerprint density at radius 3 is 2.79 bits per heavy atom. The summed E-state index contributed by atoms with van der Waals surface area (Å²) < 4.78 is 20.1. The molecule has 0 saturated carbocycles. The van der Waals surface area contributed by atoms with Crippen molar-refractivity contribution in [3.8, 4) is 0 Å². The highest BCUT2D eigenvalue weighted by molar-refractivity contribution is 7.64. The quantitative estimate of drug-likeness (QED) is 0.494. The maximum atomic E-state index is 13.1. The first-order valence-electron chi connectivity index (χ1n) is 6.15. The van der Waals surface area contributed by atoms with Crippen LogP contribution in [-0.4, -0.2) is 35.5 Å². The Morgan fingerprint density at radius 2 is 2.11 bits per heavy atom. The van der Waals surface area contributed by atoms with E-state index in [1.165, 1.54) is 4.67 Å². The van der Waals surface area contributed by atoms with Crippen LogP contribution >= 0.6 is 7.52 Å². The number of carbonyl (C=O) groups excluding carboxylic acids is 1. The summed E-state index contributed by atoms with van der Waals surface area (Å²) in [5.41, 5.74) is 1.56. The van der Waals surface area contributed by atoms with Gasteiger partial charge in [0.05, 0.1) is 18.5 Å². The van der Waals surface area contributed by atoms with Crippen LogP contribution in [0.5, 0.6) is 0 Å². The molecule has 1 aromatic rings. The maximum absolute atomic E-state index is 13.1. The summed E-state index contributed by atoms with van der Waals surface area (Å²) in [5.74, 6) is -0.596. The first kappa shape index (κ1) is 14.2. The molecule has 1 saturated heterocycles. The molecule has 104 valence electrons. The average molecular weight is 284 g/mol. The van der Waals surface area contributed by atoms with Crippen molar-refractivity contribution >= 4 is 18.7 Å². The van der Waals surface area contributed by atoms with E-state index < -0.39 is 13.4 Å². The number of rotatable bonds is 3. The zero-order valence-electron chi connectivity index (χ0n) is 10.5. The van der Waals surface area contributed by atoms with Gasteiger partial charge >= 0.3 is 7.52 Å². The molecule has 0 bridgehead atoms. The molecular weight excluding hydrogens is 267 g/mol. The molecule has 1 aliphatic heterocycles. The van der Waals surface area contributed by atoms with E-state index in [0.29, 0.717) is 18.5 Å². The highest BCUT2D eigenvalue weighted by Crippen LogP contribution is 2.50. The number of benzene rings is 1. The van der Waals surface area contributed by atoms with E-state index in [2.05, 4.69) is 0 Å². The number of hydrogen-bond acceptors (Lipinski definition) is 4. The number of hydrogen-bond donors (Lipinski definition) is 2. The van der Waals surface area contributed by atoms with Gasteiger partial charge in [0.2, 0.25) is 0 Å². The Labute approximate surface area is 111 Å². The lowest BCUT2D eigenvalue weighted by Gasteiger charge is -2.28. The third-order valence-electron chi connectivity index (χ3n) is 2.98. The summed E-state index contributed by atoms with van der Waals surface area (Å²) in [6.45, 7) is 0.756. The van der Waals surface area contributed by atoms with E-state index in [0.717, 1.165) is 12.8 Å². The number of nitrogens with one attached hydrogen (secondary N) is 1. The lowest BCUT2D eigenvalue weighted by Crippen LogP contribution is -2.36. The molecule has 2 rings (SSSR count). The minimum Gasteiger partial charge on any atom is -0.314 e. The molecular formula is C12H17N2O4P. The van der Waals surface area contributed by atoms with Crippen LogP contribution in [0.1, 0.15) is 12.8 Å². The van der Waals surface area contributed by atoms with Gasteiger partial charge in [-0.2, -0.15) is 0 Å². The van der Waals surface area contributed by atoms with Gasteiger partial charge in [-0.3, -0.25) is 14.6 Å². The van der Waals surface area contributed by atoms with Crippen molar-refractivity contribution in [1.82, 2.24) is 10.2 Å². The van der Waals surface area contributed by atoms with Crippen LogP contribution < -0.4 is 10.8 Å². The van der Waals surface area contributed by atoms with Crippen LogP contribution in [0.3, 0.4) is 0 Å². The molecule has 6 nitrogen and oxygen atoms in total. The van der Waals surface area contributed by atoms with Crippen LogP contribution in [0.4, 0.5) is 0 Å². The second-order valence-corrected chi connectivity index (χ2v) is 6.70. The Balaban J connectivity index is 2.31. The number of amides is 1. The molecule has 1 amide bonds. The second-order valence-electron chi connectivity index (χ2n) is 4.32. The van der Waals surface area contributed by atoms with Gasteiger partial charge in [0, 0.05) is 6.54 Å². The average Bonchev–Trinajstić information content (AvgIpc) is 2.63. The topological polar surface area (TPSA) is 78.9 Å². The van der Waals surface area contributed by atoms with Crippen LogP contribution in [-0.2, 0) is 13.9 Å². The van der Waals surface area contributed by atoms with Crippen molar-refractivity contribution in [1.29, 1.82) is 0 Å². The Kier molecular flexibility index (Phi) is 4.71. The molecule has 1 atom stereocenters. The third kappa shape index (κ3) is 3.22. The minimum absolute atomic E-state index is 0.150. The lowest BCUT2D eigenvalue weighted by molar-refractivity contribution is -0.129. The first-order chi connectivity index (χ1) is 9.16. The van der Waals surface area contributed by atoms with Crippen molar-refractivity contribution < 1.29 is 19.1 Å². The summed E-state index contributed by atoms with van der Waals surface area (Å²) in [7, 11) is -3.23. The summed E-state index contributed by atoms with van der Waals surface area (Å²) in [6.07, 6.45) is 1.60. The van der Waals surface area contributed by atoms with Crippen molar-refractivity contribution in [2.75, 3.05) is 19.7 Å². The summed E-state index contributed by atoms with van der Waals surface area (Å²) in [5, 5.41) is 9.19. The van der Waals surface area contributed by atoms with E-state index in [-0.39, 0.29) is 6.54 Å². The number of nitrogens with zero attached hydrogens (tertiary/aromatic N) is 1.